The first kappa shape index (κ1) is 84.8. The number of hydrogen-bond donors (Lipinski definition) is 11. The van der Waals surface area contributed by atoms with Crippen LogP contribution in [0.5, 0.6) is 11.5 Å². The lowest BCUT2D eigenvalue weighted by Gasteiger charge is -2.38. The number of aliphatic hydroxyl groups is 5. The Hall–Kier alpha value is -11.2. The van der Waals surface area contributed by atoms with Crippen molar-refractivity contribution in [2.45, 2.75) is 165 Å². The van der Waals surface area contributed by atoms with Crippen LogP contribution in [0, 0.1) is 11.8 Å². The lowest BCUT2D eigenvalue weighted by molar-refractivity contribution is -0.270. The van der Waals surface area contributed by atoms with Crippen molar-refractivity contribution in [2.75, 3.05) is 60.2 Å². The highest BCUT2D eigenvalue weighted by Crippen LogP contribution is 2.41. The number of hydrogen-bond acceptors (Lipinski definition) is 30. The molecule has 0 bridgehead atoms. The maximum atomic E-state index is 14.3. The third kappa shape index (κ3) is 21.0. The van der Waals surface area contributed by atoms with Crippen LogP contribution < -0.4 is 20.9 Å². The Morgan fingerprint density at radius 1 is 0.589 bits per heavy atom. The Morgan fingerprint density at radius 3 is 1.49 bits per heavy atom. The van der Waals surface area contributed by atoms with E-state index in [0.717, 1.165) is 26.9 Å². The smallest absolute Gasteiger partial charge is 0.410 e. The average Bonchev–Trinajstić information content (AvgIpc) is 1.79. The topological polar surface area (TPSA) is 596 Å². The number of likely N-dealkylation sites (N-methyl/N-ethyl adjacent to an activating group) is 2. The largest absolute Gasteiger partial charge is 0.481 e. The number of aryl methyl sites for hydroxylation is 2. The Labute approximate surface area is 635 Å². The number of carbonyl (C=O) groups is 11. The van der Waals surface area contributed by atoms with Gasteiger partial charge in [-0.15, -0.1) is 10.2 Å². The number of rotatable bonds is 40. The standard InChI is InChI=1S/C70H88N12O30/c1-33(2)54(63(71)95)77(5)69(101)110-46(39-9-11-44(41-27-37(105-60(39)41)7-15-52(87)88)107-67-56(91)43(83)29-48(109-67)65(97)98)25-35-30-80(75-73-35)19-17-79(51(86)32-104-24-23-103-22-21-82-49(84)13-14-50(82)85)18-20-81-31-36(74-76-81)26-47(111-70(102)78(6)55(34(3)4)64(72)96)40-10-12-45(42-28-38(106-61(40)42)8-16-53(89)90)108-68-59(94)57(92)58(93)62(112-68)66(99)100/h9-14,27-28,30-31,33-34,43,46-48,54-59,62,67-68,83,91-94H,7-8,15-26,29,32H2,1-6H3,(H2,71,95)(H2,72,96)(H,87,88)(H,89,90)(H,97,98)(H,99,100)/t43-,46?,47?,48-,54-,55-,56+,57-,58-,59+,62-,67+,68+/m0/s1. The van der Waals surface area contributed by atoms with E-state index in [1.54, 1.807) is 27.7 Å². The van der Waals surface area contributed by atoms with Crippen LogP contribution >= 0.6 is 0 Å². The maximum absolute atomic E-state index is 14.3. The number of amides is 7. The van der Waals surface area contributed by atoms with Gasteiger partial charge in [0.2, 0.25) is 30.3 Å². The van der Waals surface area contributed by atoms with Crippen molar-refractivity contribution >= 4 is 87.5 Å². The molecule has 0 spiro atoms. The number of nitrogens with zero attached hydrogens (tertiary/aromatic N) is 10. The van der Waals surface area contributed by atoms with Gasteiger partial charge in [-0.25, -0.2) is 19.2 Å². The van der Waals surface area contributed by atoms with E-state index in [4.69, 9.17) is 58.2 Å². The molecule has 42 heteroatoms. The van der Waals surface area contributed by atoms with E-state index in [9.17, 15) is 98.7 Å². The molecule has 608 valence electrons. The highest BCUT2D eigenvalue weighted by Gasteiger charge is 2.49. The van der Waals surface area contributed by atoms with Gasteiger partial charge in [-0.3, -0.25) is 57.6 Å². The van der Waals surface area contributed by atoms with Gasteiger partial charge in [-0.2, -0.15) is 0 Å². The van der Waals surface area contributed by atoms with Gasteiger partial charge in [0.25, 0.3) is 11.8 Å². The van der Waals surface area contributed by atoms with E-state index in [-0.39, 0.29) is 146 Å². The molecule has 0 radical (unpaired) electrons. The van der Waals surface area contributed by atoms with Crippen molar-refractivity contribution in [1.29, 1.82) is 0 Å². The number of imide groups is 1. The van der Waals surface area contributed by atoms with E-state index in [1.807, 2.05) is 0 Å². The number of nitrogens with two attached hydrogens (primary N) is 2. The second-order valence-electron chi connectivity index (χ2n) is 27.3. The lowest BCUT2D eigenvalue weighted by Crippen LogP contribution is -2.61. The number of carbonyl (C=O) groups excluding carboxylic acids is 7. The number of furan rings is 2. The third-order valence-electron chi connectivity index (χ3n) is 18.5. The second kappa shape index (κ2) is 37.6. The van der Waals surface area contributed by atoms with Crippen LogP contribution in [0.25, 0.3) is 21.9 Å². The Morgan fingerprint density at radius 2 is 1.05 bits per heavy atom. The molecule has 13 atom stereocenters. The summed E-state index contributed by atoms with van der Waals surface area (Å²) in [5, 5.41) is 110. The van der Waals surface area contributed by atoms with Crippen LogP contribution in [-0.2, 0) is 110 Å². The summed E-state index contributed by atoms with van der Waals surface area (Å²) in [4.78, 5) is 144. The van der Waals surface area contributed by atoms with Crippen LogP contribution in [0.4, 0.5) is 9.59 Å². The third-order valence-corrected chi connectivity index (χ3v) is 18.5. The first-order chi connectivity index (χ1) is 53.1. The minimum atomic E-state index is -2.07. The first-order valence-corrected chi connectivity index (χ1v) is 35.3. The summed E-state index contributed by atoms with van der Waals surface area (Å²) in [6.45, 7) is 5.42. The summed E-state index contributed by atoms with van der Waals surface area (Å²) < 4.78 is 61.7. The average molecular weight is 1580 g/mol. The highest BCUT2D eigenvalue weighted by molar-refractivity contribution is 6.12. The van der Waals surface area contributed by atoms with Gasteiger partial charge in [-0.05, 0) is 48.2 Å². The van der Waals surface area contributed by atoms with E-state index < -0.39 is 183 Å². The summed E-state index contributed by atoms with van der Waals surface area (Å²) in [7, 11) is 2.58. The quantitative estimate of drug-likeness (QED) is 0.0165. The van der Waals surface area contributed by atoms with E-state index >= 15 is 0 Å². The van der Waals surface area contributed by atoms with Crippen molar-refractivity contribution in [3.05, 3.63) is 95.0 Å². The van der Waals surface area contributed by atoms with Crippen molar-refractivity contribution in [2.24, 2.45) is 23.3 Å². The molecule has 0 aliphatic carbocycles. The van der Waals surface area contributed by atoms with Crippen molar-refractivity contribution in [1.82, 2.24) is 49.6 Å². The predicted octanol–water partition coefficient (Wildman–Crippen LogP) is -0.821. The Bertz CT molecular complexity index is 4420. The molecule has 42 nitrogen and oxygen atoms in total. The molecular weight excluding hydrogens is 1490 g/mol. The van der Waals surface area contributed by atoms with Gasteiger partial charge in [0.05, 0.1) is 80.6 Å². The fourth-order valence-corrected chi connectivity index (χ4v) is 12.8. The molecule has 7 amide bonds. The van der Waals surface area contributed by atoms with Crippen LogP contribution in [0.15, 0.2) is 69.8 Å². The zero-order chi connectivity index (χ0) is 81.7. The molecule has 2 saturated heterocycles. The minimum Gasteiger partial charge on any atom is -0.481 e. The summed E-state index contributed by atoms with van der Waals surface area (Å²) in [6.07, 6.45) is -18.9. The number of carboxylic acid groups (broad SMARTS) is 4. The molecule has 13 N–H and O–H groups in total. The summed E-state index contributed by atoms with van der Waals surface area (Å²) in [5.41, 5.74) is 11.8. The first-order valence-electron chi connectivity index (χ1n) is 35.3. The highest BCUT2D eigenvalue weighted by atomic mass is 16.7. The molecule has 4 aromatic heterocycles. The fourth-order valence-electron chi connectivity index (χ4n) is 12.8. The monoisotopic (exact) mass is 1580 g/mol. The van der Waals surface area contributed by atoms with Gasteiger partial charge in [-0.1, -0.05) is 38.1 Å². The molecule has 3 aliphatic rings. The van der Waals surface area contributed by atoms with Gasteiger partial charge in [0, 0.05) is 95.0 Å². The number of aromatic nitrogens is 6. The number of aliphatic carboxylic acids is 4. The van der Waals surface area contributed by atoms with E-state index in [2.05, 4.69) is 20.6 Å². The molecule has 3 aliphatic heterocycles. The molecule has 6 aromatic rings. The van der Waals surface area contributed by atoms with Crippen molar-refractivity contribution < 1.29 is 145 Å². The molecule has 0 saturated carbocycles. The normalized spacial score (nSPS) is 20.9. The SMILES string of the molecule is CC(C)[C@@H](C(N)=O)N(C)C(=O)OC(Cc1cn(CCN(CCn2cc(CC(OC(=O)N(C)[C@H](C(N)=O)C(C)C)c3ccc(O[C@@H]4O[C@H](C(=O)O)C[C@H](O)[C@H]4O)c4cc(CCC(=O)O)oc34)nn2)C(=O)COCCOCCN2C(=O)C=CC2=O)nn1)c1ccc(O[C@@H]2O[C@H](C(=O)O)[C@@H](O)[C@H](O)[C@H]2O)c2cc(CCC(=O)O)oc12. The zero-order valence-corrected chi connectivity index (χ0v) is 61.5. The molecule has 7 heterocycles. The second-order valence-corrected chi connectivity index (χ2v) is 27.3. The fraction of sp³-hybridized carbons (Fsp3) is 0.529. The predicted molar refractivity (Wildman–Crippen MR) is 374 cm³/mol. The molecule has 9 rings (SSSR count). The summed E-state index contributed by atoms with van der Waals surface area (Å²) >= 11 is 0. The minimum absolute atomic E-state index is 0.0373. The molecule has 112 heavy (non-hydrogen) atoms. The van der Waals surface area contributed by atoms with E-state index in [0.29, 0.717) is 0 Å². The zero-order valence-electron chi connectivity index (χ0n) is 61.5. The van der Waals surface area contributed by atoms with E-state index in [1.165, 1.54) is 77.2 Å². The maximum Gasteiger partial charge on any atom is 0.410 e. The summed E-state index contributed by atoms with van der Waals surface area (Å²) in [5.74, 6) is -9.99. The van der Waals surface area contributed by atoms with Gasteiger partial charge >= 0.3 is 36.1 Å². The summed E-state index contributed by atoms with van der Waals surface area (Å²) in [6, 6.07) is 5.83. The number of benzene rings is 2. The van der Waals surface area contributed by atoms with Gasteiger partial charge in [0.1, 0.15) is 89.5 Å². The number of ether oxygens (including phenoxy) is 8. The van der Waals surface area contributed by atoms with Crippen LogP contribution in [-0.4, -0.2) is 289 Å². The lowest BCUT2D eigenvalue weighted by atomic mass is 9.99. The van der Waals surface area contributed by atoms with Gasteiger partial charge in [0.15, 0.2) is 12.2 Å². The number of aliphatic hydroxyl groups excluding tert-OH is 5. The van der Waals surface area contributed by atoms with Gasteiger partial charge < -0.3 is 109 Å². The Balaban J connectivity index is 0.994. The molecule has 2 unspecified atom stereocenters. The van der Waals surface area contributed by atoms with Crippen molar-refractivity contribution in [3.63, 3.8) is 0 Å². The number of fused-ring (bicyclic) bond motifs is 2. The van der Waals surface area contributed by atoms with Crippen LogP contribution in [0.2, 0.25) is 0 Å². The van der Waals surface area contributed by atoms with Crippen molar-refractivity contribution in [3.8, 4) is 11.5 Å². The molecular formula is C70H88N12O30. The van der Waals surface area contributed by atoms with Crippen LogP contribution in [0.3, 0.4) is 0 Å². The number of carboxylic acids is 4. The number of primary amides is 2. The molecule has 2 fully saturated rings. The molecule has 2 aromatic carbocycles. The van der Waals surface area contributed by atoms with Crippen LogP contribution in [0.1, 0.15) is 93.2 Å². The Kier molecular flexibility index (Phi) is 28.5.